The van der Waals surface area contributed by atoms with Crippen LogP contribution in [-0.4, -0.2) is 47.4 Å². The zero-order valence-electron chi connectivity index (χ0n) is 44.7. The van der Waals surface area contributed by atoms with Gasteiger partial charge in [-0.2, -0.15) is 0 Å². The van der Waals surface area contributed by atoms with Crippen molar-refractivity contribution in [1.82, 2.24) is 5.32 Å². The maximum absolute atomic E-state index is 12.5. The standard InChI is InChI=1S/C60H117NO5/c1-3-5-7-9-11-13-15-17-18-19-20-21-22-25-29-32-36-40-44-48-52-58(63)57(56-62)61-59(64)53-49-45-41-37-33-30-26-23-24-27-31-35-39-43-47-51-55-66-60(65)54-50-46-42-38-34-28-16-14-12-10-8-6-4-2/h48,52,57-58,62-63H,3-47,49-51,53-56H2,1-2H3,(H,61,64)/b52-48+. The molecule has 0 aromatic rings. The summed E-state index contributed by atoms with van der Waals surface area (Å²) in [5.74, 6) is -0.0668. The number of hydrogen-bond acceptors (Lipinski definition) is 5. The molecular formula is C60H117NO5. The first-order valence-electron chi connectivity index (χ1n) is 30.0. The number of hydrogen-bond donors (Lipinski definition) is 3. The lowest BCUT2D eigenvalue weighted by Gasteiger charge is -2.20. The van der Waals surface area contributed by atoms with Crippen LogP contribution in [-0.2, 0) is 14.3 Å². The highest BCUT2D eigenvalue weighted by Gasteiger charge is 2.18. The van der Waals surface area contributed by atoms with Gasteiger partial charge in [0.2, 0.25) is 5.91 Å². The number of aliphatic hydroxyl groups is 2. The molecule has 0 aromatic heterocycles. The zero-order chi connectivity index (χ0) is 47.9. The first-order valence-corrected chi connectivity index (χ1v) is 30.0. The van der Waals surface area contributed by atoms with E-state index in [1.807, 2.05) is 6.08 Å². The largest absolute Gasteiger partial charge is 0.466 e. The highest BCUT2D eigenvalue weighted by molar-refractivity contribution is 5.76. The normalized spacial score (nSPS) is 12.6. The molecule has 6 nitrogen and oxygen atoms in total. The quantitative estimate of drug-likeness (QED) is 0.0321. The number of esters is 1. The van der Waals surface area contributed by atoms with Gasteiger partial charge in [0.15, 0.2) is 0 Å². The Hall–Kier alpha value is -1.40. The zero-order valence-corrected chi connectivity index (χ0v) is 44.7. The van der Waals surface area contributed by atoms with Crippen LogP contribution in [0.3, 0.4) is 0 Å². The molecule has 392 valence electrons. The highest BCUT2D eigenvalue weighted by atomic mass is 16.5. The number of rotatable bonds is 56. The lowest BCUT2D eigenvalue weighted by atomic mass is 10.0. The molecule has 0 radical (unpaired) electrons. The van der Waals surface area contributed by atoms with Crippen LogP contribution in [0.2, 0.25) is 0 Å². The maximum Gasteiger partial charge on any atom is 0.305 e. The van der Waals surface area contributed by atoms with Crippen molar-refractivity contribution in [2.75, 3.05) is 13.2 Å². The van der Waals surface area contributed by atoms with Crippen LogP contribution in [0, 0.1) is 0 Å². The van der Waals surface area contributed by atoms with Gasteiger partial charge in [-0.25, -0.2) is 0 Å². The summed E-state index contributed by atoms with van der Waals surface area (Å²) in [5, 5.41) is 23.2. The van der Waals surface area contributed by atoms with Gasteiger partial charge in [-0.1, -0.05) is 302 Å². The summed E-state index contributed by atoms with van der Waals surface area (Å²) in [7, 11) is 0. The summed E-state index contributed by atoms with van der Waals surface area (Å²) >= 11 is 0. The number of amides is 1. The Morgan fingerprint density at radius 2 is 0.697 bits per heavy atom. The van der Waals surface area contributed by atoms with Crippen LogP contribution >= 0.6 is 0 Å². The van der Waals surface area contributed by atoms with Crippen LogP contribution in [0.15, 0.2) is 12.2 Å². The minimum Gasteiger partial charge on any atom is -0.466 e. The lowest BCUT2D eigenvalue weighted by molar-refractivity contribution is -0.143. The minimum atomic E-state index is -0.849. The summed E-state index contributed by atoms with van der Waals surface area (Å²) in [4.78, 5) is 24.5. The molecule has 2 atom stereocenters. The number of unbranched alkanes of at least 4 members (excludes halogenated alkanes) is 45. The van der Waals surface area contributed by atoms with Crippen molar-refractivity contribution in [1.29, 1.82) is 0 Å². The molecule has 1 amide bonds. The molecule has 0 spiro atoms. The lowest BCUT2D eigenvalue weighted by Crippen LogP contribution is -2.45. The van der Waals surface area contributed by atoms with Gasteiger partial charge in [-0.3, -0.25) is 9.59 Å². The first-order chi connectivity index (χ1) is 32.5. The van der Waals surface area contributed by atoms with Crippen LogP contribution in [0.25, 0.3) is 0 Å². The molecule has 66 heavy (non-hydrogen) atoms. The van der Waals surface area contributed by atoms with E-state index in [0.717, 1.165) is 44.9 Å². The van der Waals surface area contributed by atoms with Gasteiger partial charge in [0.05, 0.1) is 25.4 Å². The van der Waals surface area contributed by atoms with Crippen molar-refractivity contribution in [2.45, 2.75) is 347 Å². The smallest absolute Gasteiger partial charge is 0.305 e. The number of allylic oxidation sites excluding steroid dienone is 1. The molecule has 0 heterocycles. The molecule has 0 saturated carbocycles. The highest BCUT2D eigenvalue weighted by Crippen LogP contribution is 2.18. The first kappa shape index (κ1) is 64.6. The van der Waals surface area contributed by atoms with Gasteiger partial charge in [-0.05, 0) is 32.1 Å². The fourth-order valence-corrected chi connectivity index (χ4v) is 9.46. The van der Waals surface area contributed by atoms with Crippen molar-refractivity contribution >= 4 is 11.9 Å². The molecule has 6 heteroatoms. The molecule has 3 N–H and O–H groups in total. The predicted octanol–water partition coefficient (Wildman–Crippen LogP) is 18.5. The molecule has 0 bridgehead atoms. The third-order valence-corrected chi connectivity index (χ3v) is 14.1. The second-order valence-corrected chi connectivity index (χ2v) is 20.7. The van der Waals surface area contributed by atoms with Gasteiger partial charge in [0, 0.05) is 12.8 Å². The maximum atomic E-state index is 12.5. The average Bonchev–Trinajstić information content (AvgIpc) is 3.32. The molecule has 0 rings (SSSR count). The third kappa shape index (κ3) is 52.0. The van der Waals surface area contributed by atoms with Crippen molar-refractivity contribution in [3.05, 3.63) is 12.2 Å². The Bertz CT molecular complexity index is 986. The average molecular weight is 933 g/mol. The van der Waals surface area contributed by atoms with E-state index in [1.165, 1.54) is 263 Å². The van der Waals surface area contributed by atoms with Gasteiger partial charge < -0.3 is 20.3 Å². The molecule has 0 aliphatic rings. The summed E-state index contributed by atoms with van der Waals surface area (Å²) in [5.41, 5.74) is 0. The molecule has 2 unspecified atom stereocenters. The van der Waals surface area contributed by atoms with Crippen molar-refractivity contribution in [3.63, 3.8) is 0 Å². The van der Waals surface area contributed by atoms with Crippen LogP contribution in [0.5, 0.6) is 0 Å². The van der Waals surface area contributed by atoms with Gasteiger partial charge in [0.25, 0.3) is 0 Å². The van der Waals surface area contributed by atoms with E-state index in [-0.39, 0.29) is 18.5 Å². The minimum absolute atomic E-state index is 0.00446. The second-order valence-electron chi connectivity index (χ2n) is 20.7. The second kappa shape index (κ2) is 56.2. The summed E-state index contributed by atoms with van der Waals surface area (Å²) in [6.07, 6.45) is 66.6. The molecule has 0 aromatic carbocycles. The van der Waals surface area contributed by atoms with E-state index in [9.17, 15) is 19.8 Å². The number of aliphatic hydroxyl groups excluding tert-OH is 2. The fraction of sp³-hybridized carbons (Fsp3) is 0.933. The van der Waals surface area contributed by atoms with E-state index in [4.69, 9.17) is 4.74 Å². The Kier molecular flexibility index (Phi) is 55.0. The monoisotopic (exact) mass is 932 g/mol. The van der Waals surface area contributed by atoms with Crippen molar-refractivity contribution in [2.24, 2.45) is 0 Å². The van der Waals surface area contributed by atoms with Gasteiger partial charge in [-0.15, -0.1) is 0 Å². The molecule has 0 saturated heterocycles. The summed E-state index contributed by atoms with van der Waals surface area (Å²) in [6.45, 7) is 4.92. The number of nitrogens with one attached hydrogen (secondary N) is 1. The van der Waals surface area contributed by atoms with E-state index in [0.29, 0.717) is 19.4 Å². The fourth-order valence-electron chi connectivity index (χ4n) is 9.46. The van der Waals surface area contributed by atoms with Gasteiger partial charge >= 0.3 is 5.97 Å². The van der Waals surface area contributed by atoms with E-state index < -0.39 is 12.1 Å². The van der Waals surface area contributed by atoms with Crippen LogP contribution in [0.4, 0.5) is 0 Å². The summed E-state index contributed by atoms with van der Waals surface area (Å²) in [6, 6.07) is -0.633. The van der Waals surface area contributed by atoms with Crippen molar-refractivity contribution < 1.29 is 24.5 Å². The molecule has 0 aliphatic heterocycles. The molecule has 0 aliphatic carbocycles. The van der Waals surface area contributed by atoms with E-state index >= 15 is 0 Å². The van der Waals surface area contributed by atoms with Crippen LogP contribution in [0.1, 0.15) is 335 Å². The van der Waals surface area contributed by atoms with E-state index in [2.05, 4.69) is 19.2 Å². The Morgan fingerprint density at radius 1 is 0.409 bits per heavy atom. The Balaban J connectivity index is 3.45. The summed E-state index contributed by atoms with van der Waals surface area (Å²) < 4.78 is 5.47. The Morgan fingerprint density at radius 3 is 1.03 bits per heavy atom. The number of ether oxygens (including phenoxy) is 1. The number of carbonyl (C=O) groups excluding carboxylic acids is 2. The van der Waals surface area contributed by atoms with Gasteiger partial charge in [0.1, 0.15) is 0 Å². The third-order valence-electron chi connectivity index (χ3n) is 14.1. The number of carbonyl (C=O) groups is 2. The molecule has 0 fully saturated rings. The topological polar surface area (TPSA) is 95.9 Å². The Labute approximate surface area is 412 Å². The van der Waals surface area contributed by atoms with Crippen molar-refractivity contribution in [3.8, 4) is 0 Å². The molecular weight excluding hydrogens is 815 g/mol. The van der Waals surface area contributed by atoms with E-state index in [1.54, 1.807) is 6.08 Å². The SMILES string of the molecule is CCCCCCCCCCCCCCCCCCCC/C=C/C(O)C(CO)NC(=O)CCCCCCCCCCCCCCCCCCOC(=O)CCCCCCCCCCCCCCC. The predicted molar refractivity (Wildman–Crippen MR) is 287 cm³/mol. The van der Waals surface area contributed by atoms with Crippen LogP contribution < -0.4 is 5.32 Å².